The molecule has 0 spiro atoms. The number of nitrogens with zero attached hydrogens (tertiary/aromatic N) is 1. The molecule has 1 aromatic carbocycles. The first-order valence-corrected chi connectivity index (χ1v) is 7.27. The zero-order valence-corrected chi connectivity index (χ0v) is 11.6. The van der Waals surface area contributed by atoms with Crippen molar-refractivity contribution >= 4 is 10.0 Å². The lowest BCUT2D eigenvalue weighted by Gasteiger charge is -2.17. The van der Waals surface area contributed by atoms with Crippen molar-refractivity contribution in [2.75, 3.05) is 13.6 Å². The molecular formula is C12H16F3NO2S. The molecule has 108 valence electrons. The van der Waals surface area contributed by atoms with Gasteiger partial charge in [0.15, 0.2) is 0 Å². The number of benzene rings is 1. The van der Waals surface area contributed by atoms with E-state index in [2.05, 4.69) is 0 Å². The minimum absolute atomic E-state index is 0.126. The molecule has 0 amide bonds. The lowest BCUT2D eigenvalue weighted by atomic mass is 10.2. The minimum atomic E-state index is -4.46. The van der Waals surface area contributed by atoms with Gasteiger partial charge in [0, 0.05) is 13.6 Å². The van der Waals surface area contributed by atoms with Gasteiger partial charge in [0.1, 0.15) is 0 Å². The van der Waals surface area contributed by atoms with Crippen molar-refractivity contribution in [3.63, 3.8) is 0 Å². The van der Waals surface area contributed by atoms with Crippen molar-refractivity contribution in [1.82, 2.24) is 4.31 Å². The molecule has 0 saturated carbocycles. The van der Waals surface area contributed by atoms with Gasteiger partial charge in [-0.25, -0.2) is 12.7 Å². The second kappa shape index (κ2) is 5.92. The molecule has 0 fully saturated rings. The number of rotatable bonds is 5. The molecule has 19 heavy (non-hydrogen) atoms. The Morgan fingerprint density at radius 2 is 1.68 bits per heavy atom. The molecule has 0 unspecified atom stereocenters. The van der Waals surface area contributed by atoms with Gasteiger partial charge in [-0.05, 0) is 30.7 Å². The summed E-state index contributed by atoms with van der Waals surface area (Å²) in [6, 6.07) is 3.53. The SMILES string of the molecule is CCCCN(C)S(=O)(=O)c1ccc(C(F)(F)F)cc1. The van der Waals surface area contributed by atoms with Crippen LogP contribution in [0.1, 0.15) is 25.3 Å². The lowest BCUT2D eigenvalue weighted by Crippen LogP contribution is -2.28. The van der Waals surface area contributed by atoms with E-state index < -0.39 is 21.8 Å². The topological polar surface area (TPSA) is 37.4 Å². The monoisotopic (exact) mass is 295 g/mol. The van der Waals surface area contributed by atoms with E-state index in [0.717, 1.165) is 35.0 Å². The molecule has 0 aliphatic carbocycles. The highest BCUT2D eigenvalue weighted by atomic mass is 32.2. The largest absolute Gasteiger partial charge is 0.416 e. The fraction of sp³-hybridized carbons (Fsp3) is 0.500. The van der Waals surface area contributed by atoms with Gasteiger partial charge in [-0.15, -0.1) is 0 Å². The van der Waals surface area contributed by atoms with Crippen molar-refractivity contribution < 1.29 is 21.6 Å². The molecule has 1 rings (SSSR count). The average molecular weight is 295 g/mol. The molecule has 0 N–H and O–H groups in total. The molecule has 0 bridgehead atoms. The van der Waals surface area contributed by atoms with Gasteiger partial charge in [0.25, 0.3) is 0 Å². The molecule has 0 aliphatic heterocycles. The van der Waals surface area contributed by atoms with Gasteiger partial charge in [0.2, 0.25) is 10.0 Å². The number of unbranched alkanes of at least 4 members (excludes halogenated alkanes) is 1. The maximum Gasteiger partial charge on any atom is 0.416 e. The van der Waals surface area contributed by atoms with Gasteiger partial charge in [-0.2, -0.15) is 13.2 Å². The third-order valence-corrected chi connectivity index (χ3v) is 4.59. The molecule has 1 aromatic rings. The smallest absolute Gasteiger partial charge is 0.207 e. The van der Waals surface area contributed by atoms with Crippen molar-refractivity contribution in [2.24, 2.45) is 0 Å². The number of halogens is 3. The molecule has 3 nitrogen and oxygen atoms in total. The fourth-order valence-corrected chi connectivity index (χ4v) is 2.71. The number of sulfonamides is 1. The van der Waals surface area contributed by atoms with Crippen LogP contribution in [0.5, 0.6) is 0 Å². The second-order valence-corrected chi connectivity index (χ2v) is 6.25. The average Bonchev–Trinajstić information content (AvgIpc) is 2.35. The van der Waals surface area contributed by atoms with Gasteiger partial charge in [-0.1, -0.05) is 13.3 Å². The molecular weight excluding hydrogens is 279 g/mol. The molecule has 0 heterocycles. The van der Waals surface area contributed by atoms with E-state index in [1.807, 2.05) is 6.92 Å². The van der Waals surface area contributed by atoms with Gasteiger partial charge in [-0.3, -0.25) is 0 Å². The first-order valence-electron chi connectivity index (χ1n) is 5.83. The van der Waals surface area contributed by atoms with Crippen LogP contribution in [0.25, 0.3) is 0 Å². The summed E-state index contributed by atoms with van der Waals surface area (Å²) >= 11 is 0. The van der Waals surface area contributed by atoms with E-state index in [1.165, 1.54) is 7.05 Å². The zero-order valence-electron chi connectivity index (χ0n) is 10.7. The predicted octanol–water partition coefficient (Wildman–Crippen LogP) is 3.13. The molecule has 0 aromatic heterocycles. The molecule has 7 heteroatoms. The van der Waals surface area contributed by atoms with Crippen LogP contribution in [0, 0.1) is 0 Å². The standard InChI is InChI=1S/C12H16F3NO2S/c1-3-4-9-16(2)19(17,18)11-7-5-10(6-8-11)12(13,14)15/h5-8H,3-4,9H2,1-2H3. The van der Waals surface area contributed by atoms with E-state index >= 15 is 0 Å². The highest BCUT2D eigenvalue weighted by Crippen LogP contribution is 2.30. The molecule has 0 radical (unpaired) electrons. The van der Waals surface area contributed by atoms with Gasteiger partial charge < -0.3 is 0 Å². The number of hydrogen-bond acceptors (Lipinski definition) is 2. The van der Waals surface area contributed by atoms with Crippen LogP contribution >= 0.6 is 0 Å². The van der Waals surface area contributed by atoms with Crippen LogP contribution in [0.4, 0.5) is 13.2 Å². The second-order valence-electron chi connectivity index (χ2n) is 4.20. The van der Waals surface area contributed by atoms with Crippen LogP contribution in [0.15, 0.2) is 29.2 Å². The summed E-state index contributed by atoms with van der Waals surface area (Å²) in [5.41, 5.74) is -0.859. The Morgan fingerprint density at radius 1 is 1.16 bits per heavy atom. The highest BCUT2D eigenvalue weighted by Gasteiger charge is 2.31. The summed E-state index contributed by atoms with van der Waals surface area (Å²) in [5, 5.41) is 0. The molecule has 0 atom stereocenters. The summed E-state index contributed by atoms with van der Waals surface area (Å²) < 4.78 is 62.4. The maximum atomic E-state index is 12.4. The summed E-state index contributed by atoms with van der Waals surface area (Å²) in [6.07, 6.45) is -2.92. The lowest BCUT2D eigenvalue weighted by molar-refractivity contribution is -0.137. The molecule has 0 aliphatic rings. The van der Waals surface area contributed by atoms with E-state index in [-0.39, 0.29) is 4.90 Å². The summed E-state index contributed by atoms with van der Waals surface area (Å²) in [6.45, 7) is 2.28. The maximum absolute atomic E-state index is 12.4. The first kappa shape index (κ1) is 16.0. The van der Waals surface area contributed by atoms with E-state index in [0.29, 0.717) is 13.0 Å². The van der Waals surface area contributed by atoms with Crippen LogP contribution < -0.4 is 0 Å². The minimum Gasteiger partial charge on any atom is -0.207 e. The summed E-state index contributed by atoms with van der Waals surface area (Å²) in [5.74, 6) is 0. The Morgan fingerprint density at radius 3 is 2.11 bits per heavy atom. The Balaban J connectivity index is 2.97. The van der Waals surface area contributed by atoms with Crippen molar-refractivity contribution in [1.29, 1.82) is 0 Å². The zero-order chi connectivity index (χ0) is 14.7. The Labute approximate surface area is 111 Å². The van der Waals surface area contributed by atoms with Gasteiger partial charge in [0.05, 0.1) is 10.5 Å². The normalized spacial score (nSPS) is 12.9. The third-order valence-electron chi connectivity index (χ3n) is 2.72. The number of alkyl halides is 3. The van der Waals surface area contributed by atoms with E-state index in [4.69, 9.17) is 0 Å². The van der Waals surface area contributed by atoms with Crippen LogP contribution in [0.3, 0.4) is 0 Å². The van der Waals surface area contributed by atoms with Gasteiger partial charge >= 0.3 is 6.18 Å². The first-order chi connectivity index (χ1) is 8.69. The van der Waals surface area contributed by atoms with E-state index in [9.17, 15) is 21.6 Å². The highest BCUT2D eigenvalue weighted by molar-refractivity contribution is 7.89. The van der Waals surface area contributed by atoms with Crippen LogP contribution in [0.2, 0.25) is 0 Å². The Kier molecular flexibility index (Phi) is 4.98. The van der Waals surface area contributed by atoms with Crippen molar-refractivity contribution in [3.05, 3.63) is 29.8 Å². The summed E-state index contributed by atoms with van der Waals surface area (Å²) in [4.78, 5) is -0.126. The Bertz CT molecular complexity index is 509. The fourth-order valence-electron chi connectivity index (χ4n) is 1.50. The van der Waals surface area contributed by atoms with Crippen molar-refractivity contribution in [3.8, 4) is 0 Å². The number of hydrogen-bond donors (Lipinski definition) is 0. The van der Waals surface area contributed by atoms with Crippen molar-refractivity contribution in [2.45, 2.75) is 30.8 Å². The quantitative estimate of drug-likeness (QED) is 0.837. The Hall–Kier alpha value is -1.08. The van der Waals surface area contributed by atoms with Crippen LogP contribution in [-0.4, -0.2) is 26.3 Å². The summed E-state index contributed by atoms with van der Waals surface area (Å²) in [7, 11) is -2.29. The molecule has 0 saturated heterocycles. The van der Waals surface area contributed by atoms with Crippen LogP contribution in [-0.2, 0) is 16.2 Å². The predicted molar refractivity (Wildman–Crippen MR) is 66.2 cm³/mol. The van der Waals surface area contributed by atoms with E-state index in [1.54, 1.807) is 0 Å². The third kappa shape index (κ3) is 3.94.